The summed E-state index contributed by atoms with van der Waals surface area (Å²) in [6.07, 6.45) is 0.536. The smallest absolute Gasteiger partial charge is 0.181 e. The third kappa shape index (κ3) is 2.15. The normalized spacial score (nSPS) is 10.9. The van der Waals surface area contributed by atoms with Crippen LogP contribution in [0.2, 0.25) is 5.15 Å². The minimum Gasteiger partial charge on any atom is -0.235 e. The van der Waals surface area contributed by atoms with Crippen LogP contribution < -0.4 is 0 Å². The Morgan fingerprint density at radius 3 is 2.46 bits per heavy atom. The highest BCUT2D eigenvalue weighted by Gasteiger charge is 2.12. The molecule has 0 aromatic carbocycles. The van der Waals surface area contributed by atoms with Crippen molar-refractivity contribution in [3.05, 3.63) is 22.5 Å². The Morgan fingerprint density at radius 2 is 2.00 bits per heavy atom. The molecule has 2 nitrogen and oxygen atoms in total. The first kappa shape index (κ1) is 10.4. The van der Waals surface area contributed by atoms with Gasteiger partial charge >= 0.3 is 0 Å². The van der Waals surface area contributed by atoms with E-state index < -0.39 is 5.82 Å². The van der Waals surface area contributed by atoms with Gasteiger partial charge in [0.2, 0.25) is 0 Å². The molecule has 0 N–H and O–H groups in total. The number of halogens is 2. The highest BCUT2D eigenvalue weighted by Crippen LogP contribution is 2.18. The molecule has 0 saturated heterocycles. The third-order valence-corrected chi connectivity index (χ3v) is 2.00. The van der Waals surface area contributed by atoms with Gasteiger partial charge < -0.3 is 0 Å². The van der Waals surface area contributed by atoms with E-state index in [0.717, 1.165) is 0 Å². The summed E-state index contributed by atoms with van der Waals surface area (Å²) in [7, 11) is 0. The van der Waals surface area contributed by atoms with Crippen molar-refractivity contribution >= 4 is 11.6 Å². The number of nitrogens with zero attached hydrogens (tertiary/aromatic N) is 2. The first-order valence-electron chi connectivity index (χ1n) is 4.28. The standard InChI is InChI=1S/C9H12ClFN2/c1-4-6-7(11)8(10)13-9(12-6)5(2)3/h5H,4H2,1-3H3. The SMILES string of the molecule is CCc1nc(C(C)C)nc(Cl)c1F. The number of hydrogen-bond donors (Lipinski definition) is 0. The van der Waals surface area contributed by atoms with E-state index in [1.54, 1.807) is 0 Å². The van der Waals surface area contributed by atoms with Gasteiger partial charge in [-0.25, -0.2) is 14.4 Å². The molecular formula is C9H12ClFN2. The first-order valence-corrected chi connectivity index (χ1v) is 4.65. The molecule has 0 unspecified atom stereocenters. The van der Waals surface area contributed by atoms with Crippen molar-refractivity contribution < 1.29 is 4.39 Å². The molecule has 0 aliphatic carbocycles. The van der Waals surface area contributed by atoms with Crippen molar-refractivity contribution in [3.8, 4) is 0 Å². The quantitative estimate of drug-likeness (QED) is 0.690. The predicted molar refractivity (Wildman–Crippen MR) is 50.5 cm³/mol. The minimum atomic E-state index is -0.492. The third-order valence-electron chi connectivity index (χ3n) is 1.75. The van der Waals surface area contributed by atoms with Crippen LogP contribution in [0, 0.1) is 5.82 Å². The van der Waals surface area contributed by atoms with Crippen molar-refractivity contribution in [2.24, 2.45) is 0 Å². The molecule has 72 valence electrons. The largest absolute Gasteiger partial charge is 0.235 e. The van der Waals surface area contributed by atoms with Crippen molar-refractivity contribution in [2.75, 3.05) is 0 Å². The predicted octanol–water partition coefficient (Wildman–Crippen LogP) is 2.95. The molecule has 0 bridgehead atoms. The van der Waals surface area contributed by atoms with Crippen LogP contribution in [0.5, 0.6) is 0 Å². The molecule has 0 amide bonds. The van der Waals surface area contributed by atoms with Crippen LogP contribution in [0.1, 0.15) is 38.2 Å². The van der Waals surface area contributed by atoms with E-state index in [0.29, 0.717) is 17.9 Å². The molecule has 4 heteroatoms. The van der Waals surface area contributed by atoms with Crippen molar-refractivity contribution in [2.45, 2.75) is 33.1 Å². The number of aromatic nitrogens is 2. The van der Waals surface area contributed by atoms with Gasteiger partial charge in [-0.1, -0.05) is 32.4 Å². The molecule has 1 rings (SSSR count). The van der Waals surface area contributed by atoms with Gasteiger partial charge in [0.25, 0.3) is 0 Å². The molecular weight excluding hydrogens is 191 g/mol. The molecule has 1 heterocycles. The summed E-state index contributed by atoms with van der Waals surface area (Å²) in [5, 5.41) is -0.0736. The second-order valence-electron chi connectivity index (χ2n) is 3.14. The van der Waals surface area contributed by atoms with Crippen LogP contribution in [0.15, 0.2) is 0 Å². The molecule has 0 fully saturated rings. The summed E-state index contributed by atoms with van der Waals surface area (Å²) in [5.41, 5.74) is 0.392. The van der Waals surface area contributed by atoms with Crippen LogP contribution >= 0.6 is 11.6 Å². The zero-order valence-electron chi connectivity index (χ0n) is 7.93. The average molecular weight is 203 g/mol. The van der Waals surface area contributed by atoms with Gasteiger partial charge in [-0.15, -0.1) is 0 Å². The molecule has 0 spiro atoms. The second kappa shape index (κ2) is 4.01. The van der Waals surface area contributed by atoms with E-state index in [1.165, 1.54) is 0 Å². The maximum atomic E-state index is 13.2. The fourth-order valence-electron chi connectivity index (χ4n) is 0.974. The zero-order chi connectivity index (χ0) is 10.0. The summed E-state index contributed by atoms with van der Waals surface area (Å²) in [5.74, 6) is 0.278. The maximum Gasteiger partial charge on any atom is 0.181 e. The number of rotatable bonds is 2. The van der Waals surface area contributed by atoms with Crippen LogP contribution in [0.3, 0.4) is 0 Å². The average Bonchev–Trinajstić information content (AvgIpc) is 2.09. The van der Waals surface area contributed by atoms with Gasteiger partial charge in [-0.2, -0.15) is 0 Å². The molecule has 0 aliphatic heterocycles. The minimum absolute atomic E-state index is 0.0736. The van der Waals surface area contributed by atoms with Gasteiger partial charge in [-0.3, -0.25) is 0 Å². The second-order valence-corrected chi connectivity index (χ2v) is 3.50. The van der Waals surface area contributed by atoms with E-state index >= 15 is 0 Å². The Labute approximate surface area is 82.2 Å². The van der Waals surface area contributed by atoms with E-state index in [4.69, 9.17) is 11.6 Å². The highest BCUT2D eigenvalue weighted by atomic mass is 35.5. The molecule has 0 aliphatic rings. The van der Waals surface area contributed by atoms with Gasteiger partial charge in [0.1, 0.15) is 5.82 Å². The van der Waals surface area contributed by atoms with Crippen LogP contribution in [0.25, 0.3) is 0 Å². The van der Waals surface area contributed by atoms with Crippen molar-refractivity contribution in [1.29, 1.82) is 0 Å². The van der Waals surface area contributed by atoms with E-state index in [9.17, 15) is 4.39 Å². The van der Waals surface area contributed by atoms with Crippen molar-refractivity contribution in [1.82, 2.24) is 9.97 Å². The van der Waals surface area contributed by atoms with E-state index in [-0.39, 0.29) is 11.1 Å². The summed E-state index contributed by atoms with van der Waals surface area (Å²) < 4.78 is 13.2. The van der Waals surface area contributed by atoms with Gasteiger partial charge in [0.15, 0.2) is 11.0 Å². The lowest BCUT2D eigenvalue weighted by molar-refractivity contribution is 0.583. The molecule has 1 aromatic heterocycles. The Balaban J connectivity index is 3.22. The summed E-state index contributed by atoms with van der Waals surface area (Å²) in [6, 6.07) is 0. The lowest BCUT2D eigenvalue weighted by Crippen LogP contribution is -2.04. The Bertz CT molecular complexity index is 313. The summed E-state index contributed by atoms with van der Waals surface area (Å²) in [4.78, 5) is 7.94. The monoisotopic (exact) mass is 202 g/mol. The maximum absolute atomic E-state index is 13.2. The van der Waals surface area contributed by atoms with Crippen LogP contribution in [0.4, 0.5) is 4.39 Å². The lowest BCUT2D eigenvalue weighted by Gasteiger charge is -2.07. The van der Waals surface area contributed by atoms with Crippen LogP contribution in [-0.2, 0) is 6.42 Å². The van der Waals surface area contributed by atoms with Gasteiger partial charge in [0.05, 0.1) is 5.69 Å². The van der Waals surface area contributed by atoms with Crippen LogP contribution in [-0.4, -0.2) is 9.97 Å². The molecule has 0 radical (unpaired) electrons. The number of aryl methyl sites for hydroxylation is 1. The van der Waals surface area contributed by atoms with E-state index in [2.05, 4.69) is 9.97 Å². The lowest BCUT2D eigenvalue weighted by atomic mass is 10.2. The first-order chi connectivity index (χ1) is 6.06. The van der Waals surface area contributed by atoms with Gasteiger partial charge in [-0.05, 0) is 6.42 Å². The molecule has 13 heavy (non-hydrogen) atoms. The number of hydrogen-bond acceptors (Lipinski definition) is 2. The molecule has 0 saturated carbocycles. The Hall–Kier alpha value is -0.700. The fourth-order valence-corrected chi connectivity index (χ4v) is 1.17. The topological polar surface area (TPSA) is 25.8 Å². The molecule has 0 atom stereocenters. The zero-order valence-corrected chi connectivity index (χ0v) is 8.69. The summed E-state index contributed by atoms with van der Waals surface area (Å²) in [6.45, 7) is 5.73. The highest BCUT2D eigenvalue weighted by molar-refractivity contribution is 6.29. The molecule has 1 aromatic rings. The van der Waals surface area contributed by atoms with Crippen molar-refractivity contribution in [3.63, 3.8) is 0 Å². The van der Waals surface area contributed by atoms with E-state index in [1.807, 2.05) is 20.8 Å². The Kier molecular flexibility index (Phi) is 3.20. The Morgan fingerprint density at radius 1 is 1.38 bits per heavy atom. The summed E-state index contributed by atoms with van der Waals surface area (Å²) >= 11 is 5.62. The fraction of sp³-hybridized carbons (Fsp3) is 0.556. The van der Waals surface area contributed by atoms with Gasteiger partial charge in [0, 0.05) is 5.92 Å².